The average Bonchev–Trinajstić information content (AvgIpc) is 2.99. The monoisotopic (exact) mass is 282 g/mol. The molecule has 1 atom stereocenters. The van der Waals surface area contributed by atoms with E-state index < -0.39 is 11.4 Å². The molecule has 1 heterocycles. The van der Waals surface area contributed by atoms with Gasteiger partial charge in [0, 0.05) is 10.8 Å². The molecular weight excluding hydrogens is 268 g/mol. The standard InChI is InChI=1S/C14H15ClO2S/c15-12-7-10(14(4-5-14)13(16)17)1-2-11(12)9-3-6-18-8-9/h1-2,7,9H,3-6,8H2,(H,16,17). The average molecular weight is 283 g/mol. The van der Waals surface area contributed by atoms with Crippen molar-refractivity contribution in [2.45, 2.75) is 30.6 Å². The van der Waals surface area contributed by atoms with Gasteiger partial charge in [-0.3, -0.25) is 4.79 Å². The van der Waals surface area contributed by atoms with Gasteiger partial charge in [-0.1, -0.05) is 23.7 Å². The summed E-state index contributed by atoms with van der Waals surface area (Å²) in [6.07, 6.45) is 2.64. The third-order valence-electron chi connectivity index (χ3n) is 4.08. The zero-order valence-corrected chi connectivity index (χ0v) is 11.6. The molecule has 1 N–H and O–H groups in total. The summed E-state index contributed by atoms with van der Waals surface area (Å²) in [4.78, 5) is 11.3. The van der Waals surface area contributed by atoms with E-state index in [0.29, 0.717) is 5.92 Å². The third-order valence-corrected chi connectivity index (χ3v) is 5.57. The summed E-state index contributed by atoms with van der Waals surface area (Å²) in [5, 5.41) is 10.0. The van der Waals surface area contributed by atoms with Crippen LogP contribution in [0.5, 0.6) is 0 Å². The van der Waals surface area contributed by atoms with Crippen molar-refractivity contribution in [2.75, 3.05) is 11.5 Å². The van der Waals surface area contributed by atoms with Crippen LogP contribution in [0.1, 0.15) is 36.3 Å². The fourth-order valence-corrected chi connectivity index (χ4v) is 4.27. The number of thioether (sulfide) groups is 1. The summed E-state index contributed by atoms with van der Waals surface area (Å²) in [6, 6.07) is 5.88. The number of carboxylic acids is 1. The largest absolute Gasteiger partial charge is 0.481 e. The number of benzene rings is 1. The molecule has 2 aliphatic rings. The van der Waals surface area contributed by atoms with Crippen molar-refractivity contribution in [3.05, 3.63) is 34.3 Å². The Morgan fingerprint density at radius 1 is 1.44 bits per heavy atom. The Labute approximate surface area is 116 Å². The number of carboxylic acid groups (broad SMARTS) is 1. The first-order valence-corrected chi connectivity index (χ1v) is 7.78. The van der Waals surface area contributed by atoms with Crippen molar-refractivity contribution in [3.8, 4) is 0 Å². The van der Waals surface area contributed by atoms with Gasteiger partial charge < -0.3 is 5.11 Å². The van der Waals surface area contributed by atoms with Crippen LogP contribution in [0, 0.1) is 0 Å². The van der Waals surface area contributed by atoms with E-state index in [1.165, 1.54) is 17.7 Å². The molecule has 1 unspecified atom stereocenters. The van der Waals surface area contributed by atoms with Crippen LogP contribution in [-0.4, -0.2) is 22.6 Å². The van der Waals surface area contributed by atoms with Crippen LogP contribution in [0.25, 0.3) is 0 Å². The van der Waals surface area contributed by atoms with Gasteiger partial charge in [-0.2, -0.15) is 11.8 Å². The first kappa shape index (κ1) is 12.4. The molecular formula is C14H15ClO2S. The summed E-state index contributed by atoms with van der Waals surface area (Å²) in [5.41, 5.74) is 1.41. The second kappa shape index (κ2) is 4.46. The maximum absolute atomic E-state index is 11.3. The lowest BCUT2D eigenvalue weighted by Crippen LogP contribution is -2.19. The first-order valence-electron chi connectivity index (χ1n) is 6.24. The van der Waals surface area contributed by atoms with Crippen molar-refractivity contribution in [1.82, 2.24) is 0 Å². The number of rotatable bonds is 3. The van der Waals surface area contributed by atoms with Gasteiger partial charge in [-0.25, -0.2) is 0 Å². The highest BCUT2D eigenvalue weighted by atomic mass is 35.5. The van der Waals surface area contributed by atoms with E-state index in [2.05, 4.69) is 0 Å². The Kier molecular flexibility index (Phi) is 3.07. The van der Waals surface area contributed by atoms with Crippen LogP contribution >= 0.6 is 23.4 Å². The Morgan fingerprint density at radius 2 is 2.22 bits per heavy atom. The van der Waals surface area contributed by atoms with E-state index in [1.54, 1.807) is 0 Å². The molecule has 0 radical (unpaired) electrons. The number of aliphatic carboxylic acids is 1. The van der Waals surface area contributed by atoms with Crippen molar-refractivity contribution >= 4 is 29.3 Å². The topological polar surface area (TPSA) is 37.3 Å². The summed E-state index contributed by atoms with van der Waals surface area (Å²) < 4.78 is 0. The van der Waals surface area contributed by atoms with Gasteiger partial charge in [0.05, 0.1) is 5.41 Å². The summed E-state index contributed by atoms with van der Waals surface area (Å²) in [5.74, 6) is 2.14. The molecule has 1 aliphatic carbocycles. The Morgan fingerprint density at radius 3 is 2.72 bits per heavy atom. The number of carbonyl (C=O) groups is 1. The van der Waals surface area contributed by atoms with Gasteiger partial charge in [-0.15, -0.1) is 0 Å². The van der Waals surface area contributed by atoms with Crippen molar-refractivity contribution in [1.29, 1.82) is 0 Å². The van der Waals surface area contributed by atoms with E-state index in [4.69, 9.17) is 11.6 Å². The van der Waals surface area contributed by atoms with Crippen LogP contribution < -0.4 is 0 Å². The van der Waals surface area contributed by atoms with Crippen molar-refractivity contribution in [2.24, 2.45) is 0 Å². The van der Waals surface area contributed by atoms with E-state index >= 15 is 0 Å². The van der Waals surface area contributed by atoms with Gasteiger partial charge in [0.25, 0.3) is 0 Å². The molecule has 4 heteroatoms. The zero-order valence-electron chi connectivity index (χ0n) is 9.99. The molecule has 96 valence electrons. The minimum absolute atomic E-state index is 0.538. The van der Waals surface area contributed by atoms with E-state index in [-0.39, 0.29) is 0 Å². The molecule has 1 aromatic rings. The highest BCUT2D eigenvalue weighted by molar-refractivity contribution is 7.99. The van der Waals surface area contributed by atoms with Gasteiger partial charge in [0.15, 0.2) is 0 Å². The fourth-order valence-electron chi connectivity index (χ4n) is 2.69. The minimum atomic E-state index is -0.720. The first-order chi connectivity index (χ1) is 8.63. The summed E-state index contributed by atoms with van der Waals surface area (Å²) in [6.45, 7) is 0. The Balaban J connectivity index is 1.92. The second-order valence-corrected chi connectivity index (χ2v) is 6.74. The van der Waals surface area contributed by atoms with Crippen LogP contribution in [0.15, 0.2) is 18.2 Å². The normalized spacial score (nSPS) is 25.1. The molecule has 1 saturated carbocycles. The molecule has 3 rings (SSSR count). The minimum Gasteiger partial charge on any atom is -0.481 e. The van der Waals surface area contributed by atoms with Gasteiger partial charge in [0.2, 0.25) is 0 Å². The highest BCUT2D eigenvalue weighted by Gasteiger charge is 2.51. The SMILES string of the molecule is O=C(O)C1(c2ccc(C3CCSC3)c(Cl)c2)CC1. The number of hydrogen-bond donors (Lipinski definition) is 1. The Bertz CT molecular complexity index is 491. The van der Waals surface area contributed by atoms with E-state index in [1.807, 2.05) is 30.0 Å². The lowest BCUT2D eigenvalue weighted by atomic mass is 9.91. The van der Waals surface area contributed by atoms with Gasteiger partial charge >= 0.3 is 5.97 Å². The van der Waals surface area contributed by atoms with Gasteiger partial charge in [0.1, 0.15) is 0 Å². The predicted molar refractivity (Wildman–Crippen MR) is 74.7 cm³/mol. The quantitative estimate of drug-likeness (QED) is 0.919. The number of halogens is 1. The Hall–Kier alpha value is -0.670. The molecule has 1 aromatic carbocycles. The molecule has 18 heavy (non-hydrogen) atoms. The maximum atomic E-state index is 11.3. The van der Waals surface area contributed by atoms with Crippen LogP contribution in [-0.2, 0) is 10.2 Å². The third kappa shape index (κ3) is 1.94. The molecule has 0 amide bonds. The molecule has 2 nitrogen and oxygen atoms in total. The molecule has 1 aliphatic heterocycles. The van der Waals surface area contributed by atoms with Gasteiger partial charge in [-0.05, 0) is 48.1 Å². The fraction of sp³-hybridized carbons (Fsp3) is 0.500. The second-order valence-electron chi connectivity index (χ2n) is 5.18. The van der Waals surface area contributed by atoms with Crippen molar-refractivity contribution in [3.63, 3.8) is 0 Å². The molecule has 0 bridgehead atoms. The summed E-state index contributed by atoms with van der Waals surface area (Å²) in [7, 11) is 0. The van der Waals surface area contributed by atoms with E-state index in [9.17, 15) is 9.90 Å². The predicted octanol–water partition coefficient (Wildman–Crippen LogP) is 3.68. The van der Waals surface area contributed by atoms with Crippen LogP contribution in [0.2, 0.25) is 5.02 Å². The maximum Gasteiger partial charge on any atom is 0.314 e. The summed E-state index contributed by atoms with van der Waals surface area (Å²) >= 11 is 8.31. The molecule has 2 fully saturated rings. The lowest BCUT2D eigenvalue weighted by molar-refractivity contribution is -0.140. The molecule has 0 aromatic heterocycles. The smallest absolute Gasteiger partial charge is 0.314 e. The zero-order chi connectivity index (χ0) is 12.8. The highest BCUT2D eigenvalue weighted by Crippen LogP contribution is 2.49. The van der Waals surface area contributed by atoms with Crippen LogP contribution in [0.4, 0.5) is 0 Å². The number of hydrogen-bond acceptors (Lipinski definition) is 2. The van der Waals surface area contributed by atoms with E-state index in [0.717, 1.165) is 29.2 Å². The molecule has 0 spiro atoms. The van der Waals surface area contributed by atoms with Crippen molar-refractivity contribution < 1.29 is 9.90 Å². The lowest BCUT2D eigenvalue weighted by Gasteiger charge is -2.15. The van der Waals surface area contributed by atoms with Crippen LogP contribution in [0.3, 0.4) is 0 Å². The molecule has 1 saturated heterocycles.